The highest BCUT2D eigenvalue weighted by Gasteiger charge is 1.90. The van der Waals surface area contributed by atoms with Crippen molar-refractivity contribution in [3.63, 3.8) is 0 Å². The van der Waals surface area contributed by atoms with Gasteiger partial charge in [0.05, 0.1) is 0 Å². The fourth-order valence-corrected chi connectivity index (χ4v) is 0.459. The van der Waals surface area contributed by atoms with Crippen molar-refractivity contribution in [3.8, 4) is 12.3 Å². The van der Waals surface area contributed by atoms with Crippen LogP contribution in [0.15, 0.2) is 4.99 Å². The van der Waals surface area contributed by atoms with Crippen molar-refractivity contribution < 1.29 is 4.79 Å². The molecule has 1 N–H and O–H groups in total. The molecular weight excluding hydrogens is 128 g/mol. The Kier molecular flexibility index (Phi) is 3.97. The quantitative estimate of drug-likeness (QED) is 0.313. The number of rotatable bonds is 1. The zero-order valence-corrected chi connectivity index (χ0v) is 6.14. The Labute approximate surface area is 60.5 Å². The van der Waals surface area contributed by atoms with Crippen LogP contribution < -0.4 is 5.32 Å². The van der Waals surface area contributed by atoms with Gasteiger partial charge in [0.2, 0.25) is 5.91 Å². The first kappa shape index (κ1) is 8.70. The Morgan fingerprint density at radius 1 is 1.70 bits per heavy atom. The summed E-state index contributed by atoms with van der Waals surface area (Å²) in [6.07, 6.45) is 4.94. The summed E-state index contributed by atoms with van der Waals surface area (Å²) in [6, 6.07) is 0. The maximum absolute atomic E-state index is 10.4. The molecule has 3 nitrogen and oxygen atoms in total. The summed E-state index contributed by atoms with van der Waals surface area (Å²) in [5, 5.41) is 2.49. The number of terminal acetylenes is 1. The van der Waals surface area contributed by atoms with E-state index >= 15 is 0 Å². The second-order valence-corrected chi connectivity index (χ2v) is 1.79. The van der Waals surface area contributed by atoms with E-state index in [1.54, 1.807) is 6.92 Å². The lowest BCUT2D eigenvalue weighted by atomic mass is 10.6. The number of aliphatic imine (C=N–C) groups is 1. The van der Waals surface area contributed by atoms with E-state index in [0.29, 0.717) is 12.4 Å². The molecule has 0 aliphatic heterocycles. The summed E-state index contributed by atoms with van der Waals surface area (Å²) in [5.74, 6) is 2.77. The first-order valence-electron chi connectivity index (χ1n) is 2.89. The van der Waals surface area contributed by atoms with Gasteiger partial charge in [-0.1, -0.05) is 5.92 Å². The Morgan fingerprint density at radius 2 is 2.30 bits per heavy atom. The lowest BCUT2D eigenvalue weighted by Gasteiger charge is -1.97. The lowest BCUT2D eigenvalue weighted by molar-refractivity contribution is -0.117. The molecule has 0 heterocycles. The molecule has 0 aromatic rings. The van der Waals surface area contributed by atoms with E-state index in [9.17, 15) is 4.79 Å². The van der Waals surface area contributed by atoms with Gasteiger partial charge >= 0.3 is 0 Å². The van der Waals surface area contributed by atoms with Crippen molar-refractivity contribution >= 4 is 11.7 Å². The first-order valence-corrected chi connectivity index (χ1v) is 2.89. The van der Waals surface area contributed by atoms with Crippen LogP contribution in [0.3, 0.4) is 0 Å². The highest BCUT2D eigenvalue weighted by Crippen LogP contribution is 1.72. The maximum Gasteiger partial charge on any atom is 0.222 e. The molecule has 3 heteroatoms. The highest BCUT2D eigenvalue weighted by atomic mass is 16.1. The van der Waals surface area contributed by atoms with E-state index in [2.05, 4.69) is 16.2 Å². The van der Waals surface area contributed by atoms with Gasteiger partial charge in [-0.25, -0.2) is 0 Å². The molecule has 10 heavy (non-hydrogen) atoms. The molecule has 0 saturated heterocycles. The molecule has 0 aromatic heterocycles. The first-order chi connectivity index (χ1) is 4.66. The monoisotopic (exact) mass is 138 g/mol. The fraction of sp³-hybridized carbons (Fsp3) is 0.429. The van der Waals surface area contributed by atoms with Crippen molar-refractivity contribution in [1.29, 1.82) is 0 Å². The third-order valence-electron chi connectivity index (χ3n) is 0.764. The Bertz CT molecular complexity index is 188. The van der Waals surface area contributed by atoms with Crippen LogP contribution in [0.5, 0.6) is 0 Å². The van der Waals surface area contributed by atoms with Crippen LogP contribution in [0.2, 0.25) is 0 Å². The van der Waals surface area contributed by atoms with Gasteiger partial charge in [-0.05, 0) is 6.92 Å². The second kappa shape index (κ2) is 4.57. The molecule has 0 bridgehead atoms. The van der Waals surface area contributed by atoms with Crippen LogP contribution in [-0.4, -0.2) is 18.3 Å². The number of amidine groups is 1. The standard InChI is InChI=1S/C7H10N2O/c1-4-5-8-6(2)9-7(3)10/h1H,5H2,2-3H3,(H,8,9,10). The Balaban J connectivity index is 3.73. The second-order valence-electron chi connectivity index (χ2n) is 1.79. The molecule has 0 aliphatic rings. The molecule has 0 aliphatic carbocycles. The largest absolute Gasteiger partial charge is 0.315 e. The van der Waals surface area contributed by atoms with Crippen molar-refractivity contribution in [3.05, 3.63) is 0 Å². The Morgan fingerprint density at radius 3 is 2.70 bits per heavy atom. The minimum Gasteiger partial charge on any atom is -0.315 e. The molecule has 0 spiro atoms. The Hall–Kier alpha value is -1.30. The maximum atomic E-state index is 10.4. The van der Waals surface area contributed by atoms with Gasteiger partial charge in [-0.2, -0.15) is 0 Å². The van der Waals surface area contributed by atoms with E-state index in [4.69, 9.17) is 6.42 Å². The number of nitrogens with zero attached hydrogens (tertiary/aromatic N) is 1. The topological polar surface area (TPSA) is 41.5 Å². The van der Waals surface area contributed by atoms with Crippen LogP contribution in [0.4, 0.5) is 0 Å². The van der Waals surface area contributed by atoms with Crippen LogP contribution in [0, 0.1) is 12.3 Å². The van der Waals surface area contributed by atoms with Crippen molar-refractivity contribution in [2.24, 2.45) is 4.99 Å². The van der Waals surface area contributed by atoms with Gasteiger partial charge in [-0.15, -0.1) is 6.42 Å². The summed E-state index contributed by atoms with van der Waals surface area (Å²) in [5.41, 5.74) is 0. The predicted molar refractivity (Wildman–Crippen MR) is 40.6 cm³/mol. The molecule has 0 rings (SSSR count). The minimum absolute atomic E-state index is 0.127. The molecule has 0 radical (unpaired) electrons. The van der Waals surface area contributed by atoms with Gasteiger partial charge in [0, 0.05) is 6.92 Å². The number of hydrogen-bond acceptors (Lipinski definition) is 2. The average molecular weight is 138 g/mol. The zero-order valence-electron chi connectivity index (χ0n) is 6.14. The summed E-state index contributed by atoms with van der Waals surface area (Å²) >= 11 is 0. The molecular formula is C7H10N2O. The number of carbonyl (C=O) groups is 1. The zero-order chi connectivity index (χ0) is 7.98. The molecule has 54 valence electrons. The van der Waals surface area contributed by atoms with Crippen molar-refractivity contribution in [2.45, 2.75) is 13.8 Å². The normalized spacial score (nSPS) is 10.3. The SMILES string of the molecule is C#CCN=C(C)NC(C)=O. The van der Waals surface area contributed by atoms with Crippen molar-refractivity contribution in [2.75, 3.05) is 6.54 Å². The van der Waals surface area contributed by atoms with Crippen LogP contribution >= 0.6 is 0 Å². The van der Waals surface area contributed by atoms with Gasteiger partial charge in [0.25, 0.3) is 0 Å². The van der Waals surface area contributed by atoms with E-state index in [0.717, 1.165) is 0 Å². The van der Waals surface area contributed by atoms with E-state index < -0.39 is 0 Å². The van der Waals surface area contributed by atoms with E-state index in [-0.39, 0.29) is 5.91 Å². The number of nitrogens with one attached hydrogen (secondary N) is 1. The van der Waals surface area contributed by atoms with Crippen molar-refractivity contribution in [1.82, 2.24) is 5.32 Å². The van der Waals surface area contributed by atoms with Gasteiger partial charge < -0.3 is 5.32 Å². The number of hydrogen-bond donors (Lipinski definition) is 1. The fourth-order valence-electron chi connectivity index (χ4n) is 0.459. The third kappa shape index (κ3) is 4.85. The van der Waals surface area contributed by atoms with E-state index in [1.807, 2.05) is 0 Å². The smallest absolute Gasteiger partial charge is 0.222 e. The summed E-state index contributed by atoms with van der Waals surface area (Å²) in [7, 11) is 0. The minimum atomic E-state index is -0.127. The molecule has 0 aromatic carbocycles. The number of amides is 1. The molecule has 0 unspecified atom stereocenters. The van der Waals surface area contributed by atoms with Gasteiger partial charge in [0.15, 0.2) is 0 Å². The average Bonchev–Trinajstić information content (AvgIpc) is 1.82. The van der Waals surface area contributed by atoms with Crippen LogP contribution in [0.1, 0.15) is 13.8 Å². The summed E-state index contributed by atoms with van der Waals surface area (Å²) < 4.78 is 0. The highest BCUT2D eigenvalue weighted by molar-refractivity contribution is 5.95. The van der Waals surface area contributed by atoms with Gasteiger partial charge in [-0.3, -0.25) is 9.79 Å². The van der Waals surface area contributed by atoms with E-state index in [1.165, 1.54) is 6.92 Å². The third-order valence-corrected chi connectivity index (χ3v) is 0.764. The lowest BCUT2D eigenvalue weighted by Crippen LogP contribution is -2.25. The summed E-state index contributed by atoms with van der Waals surface area (Å²) in [4.78, 5) is 14.2. The van der Waals surface area contributed by atoms with Gasteiger partial charge in [0.1, 0.15) is 12.4 Å². The molecule has 0 fully saturated rings. The van der Waals surface area contributed by atoms with Crippen LogP contribution in [0.25, 0.3) is 0 Å². The molecule has 0 saturated carbocycles. The van der Waals surface area contributed by atoms with Crippen LogP contribution in [-0.2, 0) is 4.79 Å². The molecule has 0 atom stereocenters. The molecule has 1 amide bonds. The number of carbonyl (C=O) groups excluding carboxylic acids is 1. The predicted octanol–water partition coefficient (Wildman–Crippen LogP) is 0.174. The summed E-state index contributed by atoms with van der Waals surface area (Å²) in [6.45, 7) is 3.43.